The highest BCUT2D eigenvalue weighted by molar-refractivity contribution is 6.49. The second-order valence-corrected chi connectivity index (χ2v) is 6.35. The number of halogens is 2. The molecule has 4 heteroatoms. The van der Waals surface area contributed by atoms with Gasteiger partial charge in [-0.3, -0.25) is 0 Å². The lowest BCUT2D eigenvalue weighted by molar-refractivity contribution is -0.595. The molecule has 2 heterocycles. The second kappa shape index (κ2) is 8.72. The number of benzene rings is 2. The Hall–Kier alpha value is -2.81. The first kappa shape index (κ1) is 19.0. The lowest BCUT2D eigenvalue weighted by Crippen LogP contribution is -3.00. The number of anilines is 1. The highest BCUT2D eigenvalue weighted by Gasteiger charge is 2.10. The van der Waals surface area contributed by atoms with Crippen LogP contribution in [0.15, 0.2) is 115 Å². The molecule has 0 saturated carbocycles. The van der Waals surface area contributed by atoms with E-state index in [0.29, 0.717) is 0 Å². The maximum absolute atomic E-state index is 6.63. The predicted molar refractivity (Wildman–Crippen MR) is 108 cm³/mol. The van der Waals surface area contributed by atoms with E-state index in [0.717, 1.165) is 27.5 Å². The summed E-state index contributed by atoms with van der Waals surface area (Å²) in [4.78, 5) is 2.07. The van der Waals surface area contributed by atoms with Gasteiger partial charge in [-0.05, 0) is 29.9 Å². The molecule has 134 valence electrons. The van der Waals surface area contributed by atoms with Crippen LogP contribution in [0.25, 0.3) is 10.7 Å². The first-order valence-corrected chi connectivity index (χ1v) is 8.86. The van der Waals surface area contributed by atoms with Crippen LogP contribution in [0.1, 0.15) is 5.56 Å². The Morgan fingerprint density at radius 3 is 1.89 bits per heavy atom. The summed E-state index contributed by atoms with van der Waals surface area (Å²) in [5.41, 5.74) is 4.24. The zero-order valence-electron chi connectivity index (χ0n) is 14.5. The summed E-state index contributed by atoms with van der Waals surface area (Å²) in [7, 11) is 0. The third-order valence-electron chi connectivity index (χ3n) is 4.27. The Morgan fingerprint density at radius 2 is 1.30 bits per heavy atom. The van der Waals surface area contributed by atoms with E-state index in [-0.39, 0.29) is 12.4 Å². The third-order valence-corrected chi connectivity index (χ3v) is 4.71. The van der Waals surface area contributed by atoms with Gasteiger partial charge >= 0.3 is 0 Å². The Kier molecular flexibility index (Phi) is 6.12. The molecule has 0 amide bonds. The van der Waals surface area contributed by atoms with E-state index in [9.17, 15) is 0 Å². The molecule has 3 aromatic rings. The minimum absolute atomic E-state index is 0. The van der Waals surface area contributed by atoms with E-state index in [1.54, 1.807) is 0 Å². The van der Waals surface area contributed by atoms with E-state index in [1.807, 2.05) is 85.5 Å². The van der Waals surface area contributed by atoms with Gasteiger partial charge < -0.3 is 17.3 Å². The Labute approximate surface area is 170 Å². The molecule has 1 aliphatic rings. The van der Waals surface area contributed by atoms with E-state index < -0.39 is 0 Å². The Balaban J connectivity index is 0.00000210. The fourth-order valence-electron chi connectivity index (χ4n) is 2.86. The molecule has 0 N–H and O–H groups in total. The van der Waals surface area contributed by atoms with Crippen LogP contribution >= 0.6 is 11.6 Å². The van der Waals surface area contributed by atoms with E-state index >= 15 is 0 Å². The number of pyridine rings is 1. The van der Waals surface area contributed by atoms with Crippen molar-refractivity contribution in [3.8, 4) is 5.69 Å². The topological polar surface area (TPSA) is 7.12 Å². The van der Waals surface area contributed by atoms with Crippen molar-refractivity contribution in [1.29, 1.82) is 0 Å². The summed E-state index contributed by atoms with van der Waals surface area (Å²) in [5, 5.41) is 0.741. The van der Waals surface area contributed by atoms with Crippen molar-refractivity contribution in [2.75, 3.05) is 4.90 Å². The average molecular weight is 393 g/mol. The maximum atomic E-state index is 6.63. The monoisotopic (exact) mass is 392 g/mol. The van der Waals surface area contributed by atoms with Gasteiger partial charge in [-0.15, -0.1) is 0 Å². The highest BCUT2D eigenvalue weighted by atomic mass is 35.5. The highest BCUT2D eigenvalue weighted by Crippen LogP contribution is 2.27. The van der Waals surface area contributed by atoms with Gasteiger partial charge in [0.1, 0.15) is 0 Å². The molecule has 1 aliphatic heterocycles. The van der Waals surface area contributed by atoms with Crippen molar-refractivity contribution >= 4 is 22.3 Å². The number of aromatic nitrogens is 1. The number of allylic oxidation sites excluding steroid dienone is 3. The van der Waals surface area contributed by atoms with Gasteiger partial charge in [-0.2, -0.15) is 4.57 Å². The molecular weight excluding hydrogens is 375 g/mol. The van der Waals surface area contributed by atoms with Gasteiger partial charge in [0.2, 0.25) is 5.69 Å². The molecule has 4 rings (SSSR count). The van der Waals surface area contributed by atoms with Crippen LogP contribution in [0.2, 0.25) is 0 Å². The molecule has 0 fully saturated rings. The Morgan fingerprint density at radius 1 is 0.741 bits per heavy atom. The average Bonchev–Trinajstić information content (AvgIpc) is 2.75. The minimum atomic E-state index is 0. The number of hydrogen-bond acceptors (Lipinski definition) is 1. The van der Waals surface area contributed by atoms with Crippen LogP contribution in [-0.2, 0) is 0 Å². The SMILES string of the molecule is ClC(=C1C=CN(c2ccccc2)C=C1)c1cc[n+](-c2ccccc2)cc1.[Cl-]. The van der Waals surface area contributed by atoms with Crippen molar-refractivity contribution < 1.29 is 17.0 Å². The Bertz CT molecular complexity index is 960. The van der Waals surface area contributed by atoms with Crippen molar-refractivity contribution in [1.82, 2.24) is 0 Å². The van der Waals surface area contributed by atoms with E-state index in [1.165, 1.54) is 0 Å². The smallest absolute Gasteiger partial charge is 0.210 e. The van der Waals surface area contributed by atoms with Gasteiger partial charge in [0.05, 0.1) is 5.03 Å². The summed E-state index contributed by atoms with van der Waals surface area (Å²) in [6.07, 6.45) is 12.2. The quantitative estimate of drug-likeness (QED) is 0.621. The molecule has 0 aliphatic carbocycles. The molecule has 0 atom stereocenters. The maximum Gasteiger partial charge on any atom is 0.210 e. The van der Waals surface area contributed by atoms with Gasteiger partial charge in [-0.25, -0.2) is 0 Å². The van der Waals surface area contributed by atoms with Crippen LogP contribution in [0.4, 0.5) is 5.69 Å². The molecule has 0 bridgehead atoms. The predicted octanol–water partition coefficient (Wildman–Crippen LogP) is 2.46. The first-order chi connectivity index (χ1) is 12.8. The number of rotatable bonds is 3. The number of hydrogen-bond donors (Lipinski definition) is 0. The van der Waals surface area contributed by atoms with Gasteiger partial charge in [0.15, 0.2) is 12.4 Å². The molecule has 2 aromatic carbocycles. The van der Waals surface area contributed by atoms with Crippen molar-refractivity contribution in [3.05, 3.63) is 121 Å². The van der Waals surface area contributed by atoms with E-state index in [2.05, 4.69) is 33.7 Å². The molecule has 0 radical (unpaired) electrons. The van der Waals surface area contributed by atoms with Crippen LogP contribution in [-0.4, -0.2) is 0 Å². The zero-order chi connectivity index (χ0) is 17.8. The van der Waals surface area contributed by atoms with Crippen molar-refractivity contribution in [2.45, 2.75) is 0 Å². The van der Waals surface area contributed by atoms with Crippen molar-refractivity contribution in [2.24, 2.45) is 0 Å². The summed E-state index contributed by atoms with van der Waals surface area (Å²) in [6.45, 7) is 0. The zero-order valence-corrected chi connectivity index (χ0v) is 16.1. The fraction of sp³-hybridized carbons (Fsp3) is 0. The second-order valence-electron chi connectivity index (χ2n) is 5.97. The van der Waals surface area contributed by atoms with Crippen LogP contribution in [0, 0.1) is 0 Å². The summed E-state index contributed by atoms with van der Waals surface area (Å²) < 4.78 is 2.07. The van der Waals surface area contributed by atoms with Crippen molar-refractivity contribution in [3.63, 3.8) is 0 Å². The lowest BCUT2D eigenvalue weighted by Gasteiger charge is -2.19. The van der Waals surface area contributed by atoms with Gasteiger partial charge in [0.25, 0.3) is 0 Å². The summed E-state index contributed by atoms with van der Waals surface area (Å²) in [6, 6.07) is 24.5. The first-order valence-electron chi connectivity index (χ1n) is 8.48. The minimum Gasteiger partial charge on any atom is -1.00 e. The normalized spacial score (nSPS) is 12.6. The van der Waals surface area contributed by atoms with Crippen LogP contribution < -0.4 is 21.9 Å². The molecular formula is C23H18Cl2N2. The largest absolute Gasteiger partial charge is 1.00 e. The lowest BCUT2D eigenvalue weighted by atomic mass is 10.1. The number of para-hydroxylation sites is 2. The molecule has 1 aromatic heterocycles. The molecule has 27 heavy (non-hydrogen) atoms. The van der Waals surface area contributed by atoms with Crippen LogP contribution in [0.3, 0.4) is 0 Å². The molecule has 2 nitrogen and oxygen atoms in total. The molecule has 0 unspecified atom stereocenters. The summed E-state index contributed by atoms with van der Waals surface area (Å²) >= 11 is 6.63. The van der Waals surface area contributed by atoms with Gasteiger partial charge in [-0.1, -0.05) is 48.0 Å². The molecule has 0 saturated heterocycles. The van der Waals surface area contributed by atoms with Gasteiger partial charge in [0, 0.05) is 47.9 Å². The summed E-state index contributed by atoms with van der Waals surface area (Å²) in [5.74, 6) is 0. The van der Waals surface area contributed by atoms with E-state index in [4.69, 9.17) is 11.6 Å². The fourth-order valence-corrected chi connectivity index (χ4v) is 3.11. The third kappa shape index (κ3) is 4.30. The van der Waals surface area contributed by atoms with Crippen LogP contribution in [0.5, 0.6) is 0 Å². The number of nitrogens with zero attached hydrogens (tertiary/aromatic N) is 2. The standard InChI is InChI=1S/C23H18ClN2.ClH/c24-23(19-11-15-25(16-12-19)21-7-3-1-4-8-21)20-13-17-26(18-14-20)22-9-5-2-6-10-22;/h1-18H;1H/q+1;/p-1. The molecule has 0 spiro atoms.